The first-order chi connectivity index (χ1) is 15.8. The average molecular weight is 475 g/mol. The molecule has 0 aliphatic carbocycles. The Morgan fingerprint density at radius 1 is 0.970 bits per heavy atom. The van der Waals surface area contributed by atoms with Gasteiger partial charge in [0.2, 0.25) is 15.9 Å². The fraction of sp³-hybridized carbons (Fsp3) is 0.458. The number of carbonyl (C=O) groups excluding carboxylic acids is 1. The van der Waals surface area contributed by atoms with Crippen LogP contribution < -0.4 is 10.2 Å². The average Bonchev–Trinajstić information content (AvgIpc) is 2.82. The Morgan fingerprint density at radius 3 is 2.36 bits per heavy atom. The first kappa shape index (κ1) is 23.7. The third kappa shape index (κ3) is 5.54. The first-order valence-corrected chi connectivity index (χ1v) is 12.9. The molecule has 4 rings (SSSR count). The third-order valence-electron chi connectivity index (χ3n) is 6.37. The van der Waals surface area contributed by atoms with Gasteiger partial charge in [0, 0.05) is 45.0 Å². The van der Waals surface area contributed by atoms with E-state index in [1.165, 1.54) is 10.4 Å². The highest BCUT2D eigenvalue weighted by atomic mass is 32.2. The summed E-state index contributed by atoms with van der Waals surface area (Å²) in [6.07, 6.45) is 2.80. The van der Waals surface area contributed by atoms with Gasteiger partial charge in [-0.3, -0.25) is 9.69 Å². The van der Waals surface area contributed by atoms with E-state index in [-0.39, 0.29) is 23.2 Å². The van der Waals surface area contributed by atoms with Gasteiger partial charge in [0.15, 0.2) is 0 Å². The highest BCUT2D eigenvalue weighted by Crippen LogP contribution is 2.25. The van der Waals surface area contributed by atoms with Crippen molar-refractivity contribution >= 4 is 27.3 Å². The van der Waals surface area contributed by atoms with Gasteiger partial charge in [0.05, 0.1) is 17.1 Å². The molecule has 2 aromatic carbocycles. The maximum atomic E-state index is 14.0. The van der Waals surface area contributed by atoms with E-state index in [1.54, 1.807) is 30.3 Å². The molecule has 1 amide bonds. The minimum absolute atomic E-state index is 0.190. The number of hydrogen-bond donors (Lipinski definition) is 1. The summed E-state index contributed by atoms with van der Waals surface area (Å²) >= 11 is 0. The van der Waals surface area contributed by atoms with Gasteiger partial charge in [0.1, 0.15) is 5.82 Å². The number of piperidine rings is 1. The second kappa shape index (κ2) is 10.2. The number of anilines is 2. The molecule has 33 heavy (non-hydrogen) atoms. The second-order valence-electron chi connectivity index (χ2n) is 8.70. The number of nitrogens with zero attached hydrogens (tertiary/aromatic N) is 3. The van der Waals surface area contributed by atoms with E-state index in [0.717, 1.165) is 24.8 Å². The third-order valence-corrected chi connectivity index (χ3v) is 8.26. The van der Waals surface area contributed by atoms with Gasteiger partial charge < -0.3 is 10.2 Å². The Balaban J connectivity index is 1.36. The number of para-hydroxylation sites is 1. The molecule has 0 bridgehead atoms. The number of sulfonamides is 1. The van der Waals surface area contributed by atoms with Crippen molar-refractivity contribution in [1.82, 2.24) is 9.21 Å². The zero-order chi connectivity index (χ0) is 23.4. The maximum Gasteiger partial charge on any atom is 0.243 e. The van der Waals surface area contributed by atoms with Crippen LogP contribution in [-0.4, -0.2) is 69.3 Å². The minimum Gasteiger partial charge on any atom is -0.367 e. The predicted octanol–water partition coefficient (Wildman–Crippen LogP) is 3.07. The number of piperazine rings is 1. The van der Waals surface area contributed by atoms with E-state index in [2.05, 4.69) is 5.32 Å². The largest absolute Gasteiger partial charge is 0.367 e. The molecule has 0 saturated carbocycles. The Kier molecular flexibility index (Phi) is 7.31. The van der Waals surface area contributed by atoms with Gasteiger partial charge >= 0.3 is 0 Å². The van der Waals surface area contributed by atoms with Gasteiger partial charge in [-0.1, -0.05) is 24.6 Å². The van der Waals surface area contributed by atoms with E-state index in [0.29, 0.717) is 50.6 Å². The van der Waals surface area contributed by atoms with Crippen LogP contribution in [0.4, 0.5) is 15.8 Å². The Hall–Kier alpha value is -2.49. The fourth-order valence-corrected chi connectivity index (χ4v) is 5.94. The molecule has 2 aromatic rings. The Bertz CT molecular complexity index is 1090. The second-order valence-corrected chi connectivity index (χ2v) is 10.6. The summed E-state index contributed by atoms with van der Waals surface area (Å²) in [6.45, 7) is 5.68. The number of rotatable bonds is 6. The molecule has 0 radical (unpaired) electrons. The molecule has 2 saturated heterocycles. The molecule has 0 unspecified atom stereocenters. The van der Waals surface area contributed by atoms with Crippen LogP contribution in [0.2, 0.25) is 0 Å². The number of benzene rings is 2. The van der Waals surface area contributed by atoms with Crippen molar-refractivity contribution in [3.8, 4) is 0 Å². The topological polar surface area (TPSA) is 73.0 Å². The lowest BCUT2D eigenvalue weighted by Crippen LogP contribution is -2.49. The quantitative estimate of drug-likeness (QED) is 0.697. The number of hydrogen-bond acceptors (Lipinski definition) is 5. The Labute approximate surface area is 195 Å². The summed E-state index contributed by atoms with van der Waals surface area (Å²) in [5.41, 5.74) is 1.91. The molecule has 9 heteroatoms. The number of nitrogens with one attached hydrogen (secondary N) is 1. The van der Waals surface area contributed by atoms with Crippen LogP contribution in [0.25, 0.3) is 0 Å². The van der Waals surface area contributed by atoms with Crippen molar-refractivity contribution in [2.24, 2.45) is 0 Å². The van der Waals surface area contributed by atoms with Crippen LogP contribution in [-0.2, 0) is 14.8 Å². The van der Waals surface area contributed by atoms with Crippen molar-refractivity contribution in [2.45, 2.75) is 31.1 Å². The highest BCUT2D eigenvalue weighted by molar-refractivity contribution is 7.89. The molecule has 0 aromatic heterocycles. The van der Waals surface area contributed by atoms with Crippen LogP contribution in [0.5, 0.6) is 0 Å². The molecule has 2 heterocycles. The molecule has 2 aliphatic heterocycles. The molecule has 0 spiro atoms. The van der Waals surface area contributed by atoms with Gasteiger partial charge in [0.25, 0.3) is 0 Å². The lowest BCUT2D eigenvalue weighted by Gasteiger charge is -2.35. The molecule has 0 atom stereocenters. The zero-order valence-electron chi connectivity index (χ0n) is 19.0. The van der Waals surface area contributed by atoms with E-state index in [4.69, 9.17) is 0 Å². The Morgan fingerprint density at radius 2 is 1.67 bits per heavy atom. The molecule has 178 valence electrons. The number of carbonyl (C=O) groups is 1. The molecular weight excluding hydrogens is 443 g/mol. The van der Waals surface area contributed by atoms with Gasteiger partial charge in [-0.05, 0) is 49.6 Å². The van der Waals surface area contributed by atoms with Gasteiger partial charge in [-0.2, -0.15) is 4.31 Å². The summed E-state index contributed by atoms with van der Waals surface area (Å²) in [5.74, 6) is -0.427. The van der Waals surface area contributed by atoms with Crippen molar-refractivity contribution in [3.63, 3.8) is 0 Å². The normalized spacial score (nSPS) is 18.3. The van der Waals surface area contributed by atoms with E-state index >= 15 is 0 Å². The lowest BCUT2D eigenvalue weighted by atomic mass is 10.2. The molecule has 1 N–H and O–H groups in total. The van der Waals surface area contributed by atoms with Crippen LogP contribution in [0.3, 0.4) is 0 Å². The number of amides is 1. The monoisotopic (exact) mass is 474 g/mol. The smallest absolute Gasteiger partial charge is 0.243 e. The molecule has 2 aliphatic rings. The summed E-state index contributed by atoms with van der Waals surface area (Å²) < 4.78 is 41.6. The standard InChI is InChI=1S/C24H31FN4O3S/c1-19-9-10-20(33(31,32)29-11-5-2-6-12-29)17-22(19)26-24(30)18-27-13-15-28(16-14-27)23-8-4-3-7-21(23)25/h3-4,7-10,17H,2,5-6,11-16,18H2,1H3,(H,26,30). The summed E-state index contributed by atoms with van der Waals surface area (Å²) in [6, 6.07) is 11.6. The fourth-order valence-electron chi connectivity index (χ4n) is 4.40. The van der Waals surface area contributed by atoms with Crippen LogP contribution in [0.1, 0.15) is 24.8 Å². The minimum atomic E-state index is -3.56. The first-order valence-electron chi connectivity index (χ1n) is 11.5. The van der Waals surface area contributed by atoms with E-state index in [1.807, 2.05) is 22.8 Å². The molecular formula is C24H31FN4O3S. The van der Waals surface area contributed by atoms with E-state index in [9.17, 15) is 17.6 Å². The number of aryl methyl sites for hydroxylation is 1. The molecule has 2 fully saturated rings. The molecule has 7 nitrogen and oxygen atoms in total. The number of halogens is 1. The lowest BCUT2D eigenvalue weighted by molar-refractivity contribution is -0.117. The van der Waals surface area contributed by atoms with Crippen LogP contribution in [0, 0.1) is 12.7 Å². The predicted molar refractivity (Wildman–Crippen MR) is 127 cm³/mol. The van der Waals surface area contributed by atoms with Crippen LogP contribution >= 0.6 is 0 Å². The van der Waals surface area contributed by atoms with Crippen molar-refractivity contribution < 1.29 is 17.6 Å². The van der Waals surface area contributed by atoms with Crippen LogP contribution in [0.15, 0.2) is 47.4 Å². The van der Waals surface area contributed by atoms with Crippen molar-refractivity contribution in [2.75, 3.05) is 56.0 Å². The SMILES string of the molecule is Cc1ccc(S(=O)(=O)N2CCCCC2)cc1NC(=O)CN1CCN(c2ccccc2F)CC1. The van der Waals surface area contributed by atoms with Crippen molar-refractivity contribution in [1.29, 1.82) is 0 Å². The highest BCUT2D eigenvalue weighted by Gasteiger charge is 2.27. The van der Waals surface area contributed by atoms with Gasteiger partial charge in [-0.25, -0.2) is 12.8 Å². The van der Waals surface area contributed by atoms with E-state index < -0.39 is 10.0 Å². The van der Waals surface area contributed by atoms with Crippen molar-refractivity contribution in [3.05, 3.63) is 53.8 Å². The maximum absolute atomic E-state index is 14.0. The summed E-state index contributed by atoms with van der Waals surface area (Å²) in [5, 5.41) is 2.89. The summed E-state index contributed by atoms with van der Waals surface area (Å²) in [4.78, 5) is 16.9. The zero-order valence-corrected chi connectivity index (χ0v) is 19.8. The van der Waals surface area contributed by atoms with Gasteiger partial charge in [-0.15, -0.1) is 0 Å². The summed E-state index contributed by atoms with van der Waals surface area (Å²) in [7, 11) is -3.56.